The van der Waals surface area contributed by atoms with Crippen LogP contribution in [0.3, 0.4) is 0 Å². The van der Waals surface area contributed by atoms with Gasteiger partial charge in [0.15, 0.2) is 0 Å². The average molecular weight is 170 g/mol. The number of benzene rings is 1. The fourth-order valence-electron chi connectivity index (χ4n) is 1.94. The topological polar surface area (TPSA) is 0 Å². The lowest BCUT2D eigenvalue weighted by atomic mass is 9.79. The predicted molar refractivity (Wildman–Crippen MR) is 58.3 cm³/mol. The number of hydrogen-bond donors (Lipinski definition) is 0. The van der Waals surface area contributed by atoms with E-state index < -0.39 is 0 Å². The molecule has 0 spiro atoms. The largest absolute Gasteiger partial charge is 0.0952 e. The molecule has 0 aromatic heterocycles. The van der Waals surface area contributed by atoms with Crippen molar-refractivity contribution in [2.24, 2.45) is 5.92 Å². The molecule has 0 saturated carbocycles. The molecule has 13 heavy (non-hydrogen) atoms. The maximum absolute atomic E-state index is 4.13. The highest BCUT2D eigenvalue weighted by Gasteiger charge is 2.20. The number of hydrogen-bond acceptors (Lipinski definition) is 0. The third kappa shape index (κ3) is 1.23. The van der Waals surface area contributed by atoms with Crippen molar-refractivity contribution >= 4 is 11.1 Å². The molecule has 1 aliphatic carbocycles. The first kappa shape index (κ1) is 8.31. The van der Waals surface area contributed by atoms with E-state index in [1.165, 1.54) is 22.3 Å². The first-order valence-corrected chi connectivity index (χ1v) is 4.66. The Balaban J connectivity index is 2.60. The van der Waals surface area contributed by atoms with E-state index in [9.17, 15) is 0 Å². The molecule has 0 fully saturated rings. The summed E-state index contributed by atoms with van der Waals surface area (Å²) in [4.78, 5) is 0. The van der Waals surface area contributed by atoms with Gasteiger partial charge < -0.3 is 0 Å². The van der Waals surface area contributed by atoms with Gasteiger partial charge in [-0.25, -0.2) is 0 Å². The minimum atomic E-state index is 0.544. The van der Waals surface area contributed by atoms with Crippen LogP contribution in [0.4, 0.5) is 0 Å². The zero-order valence-electron chi connectivity index (χ0n) is 8.01. The average Bonchev–Trinajstić information content (AvgIpc) is 2.15. The molecule has 0 saturated heterocycles. The lowest BCUT2D eigenvalue weighted by Crippen LogP contribution is -2.07. The minimum absolute atomic E-state index is 0.544. The van der Waals surface area contributed by atoms with E-state index in [2.05, 4.69) is 44.3 Å². The molecule has 0 nitrogen and oxygen atoms in total. The number of allylic oxidation sites excluding steroid dienone is 2. The van der Waals surface area contributed by atoms with Gasteiger partial charge in [0, 0.05) is 0 Å². The molecule has 1 aromatic carbocycles. The molecule has 66 valence electrons. The van der Waals surface area contributed by atoms with Crippen molar-refractivity contribution in [3.05, 3.63) is 48.6 Å². The van der Waals surface area contributed by atoms with Gasteiger partial charge in [0.1, 0.15) is 0 Å². The van der Waals surface area contributed by atoms with Crippen molar-refractivity contribution in [3.8, 4) is 0 Å². The maximum atomic E-state index is 4.13. The predicted octanol–water partition coefficient (Wildman–Crippen LogP) is 3.75. The van der Waals surface area contributed by atoms with Crippen LogP contribution < -0.4 is 0 Å². The summed E-state index contributed by atoms with van der Waals surface area (Å²) in [7, 11) is 0. The van der Waals surface area contributed by atoms with Gasteiger partial charge in [-0.3, -0.25) is 0 Å². The Morgan fingerprint density at radius 1 is 1.15 bits per heavy atom. The van der Waals surface area contributed by atoms with E-state index in [-0.39, 0.29) is 0 Å². The van der Waals surface area contributed by atoms with E-state index in [1.54, 1.807) is 0 Å². The standard InChI is InChI=1S/C13H14/c1-9-8-10(2)12-6-4-5-7-13(12)11(9)3/h4-7,9H,2-3,8H2,1H3. The van der Waals surface area contributed by atoms with Crippen LogP contribution in [0.15, 0.2) is 37.4 Å². The third-order valence-electron chi connectivity index (χ3n) is 2.80. The van der Waals surface area contributed by atoms with Crippen LogP contribution in [-0.4, -0.2) is 0 Å². The summed E-state index contributed by atoms with van der Waals surface area (Å²) < 4.78 is 0. The van der Waals surface area contributed by atoms with Gasteiger partial charge in [0.25, 0.3) is 0 Å². The molecule has 0 N–H and O–H groups in total. The summed E-state index contributed by atoms with van der Waals surface area (Å²) in [6, 6.07) is 8.40. The normalized spacial score (nSPS) is 21.5. The van der Waals surface area contributed by atoms with Gasteiger partial charge in [-0.1, -0.05) is 44.3 Å². The maximum Gasteiger partial charge on any atom is -0.0150 e. The highest BCUT2D eigenvalue weighted by Crippen LogP contribution is 2.39. The first-order chi connectivity index (χ1) is 6.20. The van der Waals surface area contributed by atoms with Crippen LogP contribution >= 0.6 is 0 Å². The Kier molecular flexibility index (Phi) is 1.84. The summed E-state index contributed by atoms with van der Waals surface area (Å²) in [6.07, 6.45) is 1.05. The van der Waals surface area contributed by atoms with E-state index in [4.69, 9.17) is 0 Å². The highest BCUT2D eigenvalue weighted by molar-refractivity contribution is 5.83. The van der Waals surface area contributed by atoms with Gasteiger partial charge in [0.2, 0.25) is 0 Å². The van der Waals surface area contributed by atoms with Crippen molar-refractivity contribution in [2.75, 3.05) is 0 Å². The van der Waals surface area contributed by atoms with Crippen molar-refractivity contribution < 1.29 is 0 Å². The molecule has 1 unspecified atom stereocenters. The SMILES string of the molecule is C=C1CC(C)C(=C)c2ccccc21. The molecule has 2 rings (SSSR count). The van der Waals surface area contributed by atoms with Crippen molar-refractivity contribution in [1.29, 1.82) is 0 Å². The van der Waals surface area contributed by atoms with Gasteiger partial charge in [-0.05, 0) is 34.6 Å². The molecule has 0 amide bonds. The lowest BCUT2D eigenvalue weighted by Gasteiger charge is -2.25. The van der Waals surface area contributed by atoms with E-state index in [0.29, 0.717) is 5.92 Å². The zero-order chi connectivity index (χ0) is 9.42. The lowest BCUT2D eigenvalue weighted by molar-refractivity contribution is 0.767. The Bertz CT molecular complexity index is 371. The molecule has 1 aromatic rings. The smallest absolute Gasteiger partial charge is 0.0150 e. The van der Waals surface area contributed by atoms with E-state index in [1.807, 2.05) is 0 Å². The zero-order valence-corrected chi connectivity index (χ0v) is 8.01. The Labute approximate surface area is 79.6 Å². The molecule has 0 heteroatoms. The summed E-state index contributed by atoms with van der Waals surface area (Å²) in [6.45, 7) is 10.4. The van der Waals surface area contributed by atoms with Crippen molar-refractivity contribution in [2.45, 2.75) is 13.3 Å². The Morgan fingerprint density at radius 3 is 2.46 bits per heavy atom. The molecule has 0 radical (unpaired) electrons. The quantitative estimate of drug-likeness (QED) is 0.556. The summed E-state index contributed by atoms with van der Waals surface area (Å²) in [5.74, 6) is 0.544. The molecule has 0 bridgehead atoms. The second-order valence-electron chi connectivity index (χ2n) is 3.78. The summed E-state index contributed by atoms with van der Waals surface area (Å²) >= 11 is 0. The summed E-state index contributed by atoms with van der Waals surface area (Å²) in [5, 5.41) is 0. The highest BCUT2D eigenvalue weighted by atomic mass is 14.2. The molecule has 0 heterocycles. The van der Waals surface area contributed by atoms with Crippen LogP contribution in [0.5, 0.6) is 0 Å². The van der Waals surface area contributed by atoms with Gasteiger partial charge >= 0.3 is 0 Å². The Morgan fingerprint density at radius 2 is 1.77 bits per heavy atom. The molecular formula is C13H14. The van der Waals surface area contributed by atoms with Crippen LogP contribution in [0.1, 0.15) is 24.5 Å². The molecule has 0 aliphatic heterocycles. The van der Waals surface area contributed by atoms with E-state index in [0.717, 1.165) is 6.42 Å². The second kappa shape index (κ2) is 2.88. The van der Waals surface area contributed by atoms with E-state index >= 15 is 0 Å². The van der Waals surface area contributed by atoms with Crippen LogP contribution in [0.25, 0.3) is 11.1 Å². The van der Waals surface area contributed by atoms with Crippen molar-refractivity contribution in [1.82, 2.24) is 0 Å². The fraction of sp³-hybridized carbons (Fsp3) is 0.231. The summed E-state index contributed by atoms with van der Waals surface area (Å²) in [5.41, 5.74) is 5.07. The fourth-order valence-corrected chi connectivity index (χ4v) is 1.94. The number of fused-ring (bicyclic) bond motifs is 1. The minimum Gasteiger partial charge on any atom is -0.0952 e. The monoisotopic (exact) mass is 170 g/mol. The molecule has 1 aliphatic rings. The van der Waals surface area contributed by atoms with Crippen LogP contribution in [0.2, 0.25) is 0 Å². The Hall–Kier alpha value is -1.30. The molecular weight excluding hydrogens is 156 g/mol. The van der Waals surface area contributed by atoms with Crippen molar-refractivity contribution in [3.63, 3.8) is 0 Å². The first-order valence-electron chi connectivity index (χ1n) is 4.66. The second-order valence-corrected chi connectivity index (χ2v) is 3.78. The van der Waals surface area contributed by atoms with Gasteiger partial charge in [0.05, 0.1) is 0 Å². The van der Waals surface area contributed by atoms with Gasteiger partial charge in [-0.2, -0.15) is 0 Å². The molecule has 1 atom stereocenters. The number of rotatable bonds is 0. The van der Waals surface area contributed by atoms with Crippen LogP contribution in [-0.2, 0) is 0 Å². The van der Waals surface area contributed by atoms with Crippen LogP contribution in [0, 0.1) is 5.92 Å². The third-order valence-corrected chi connectivity index (χ3v) is 2.80. The van der Waals surface area contributed by atoms with Gasteiger partial charge in [-0.15, -0.1) is 0 Å².